The summed E-state index contributed by atoms with van der Waals surface area (Å²) < 4.78 is 0.444. The number of phenolic OH excluding ortho intramolecular Hbond substituents is 1. The van der Waals surface area contributed by atoms with Crippen molar-refractivity contribution in [1.82, 2.24) is 0 Å². The predicted molar refractivity (Wildman–Crippen MR) is 73.8 cm³/mol. The van der Waals surface area contributed by atoms with Crippen LogP contribution >= 0.6 is 47.8 Å². The number of benzene rings is 1. The summed E-state index contributed by atoms with van der Waals surface area (Å²) in [6, 6.07) is 1.39. The lowest BCUT2D eigenvalue weighted by atomic mass is 9.92. The molecular weight excluding hydrogens is 422 g/mol. The van der Waals surface area contributed by atoms with Crippen LogP contribution in [0, 0.1) is 0 Å². The van der Waals surface area contributed by atoms with Gasteiger partial charge in [-0.3, -0.25) is 9.59 Å². The van der Waals surface area contributed by atoms with Crippen molar-refractivity contribution in [2.75, 3.05) is 5.73 Å². The van der Waals surface area contributed by atoms with Gasteiger partial charge in [0.15, 0.2) is 0 Å². The summed E-state index contributed by atoms with van der Waals surface area (Å²) in [5, 5.41) is 9.83. The van der Waals surface area contributed by atoms with Gasteiger partial charge in [0, 0.05) is 5.69 Å². The fourth-order valence-corrected chi connectivity index (χ4v) is 2.75. The standard InChI is InChI=1S/C10H4Br3NO3/c11-2-1-3(14)4-5(8(2)15)10(17)7(13)6(12)9(4)16/h1,15H,14H2. The second-order valence-electron chi connectivity index (χ2n) is 3.33. The van der Waals surface area contributed by atoms with Gasteiger partial charge in [-0.1, -0.05) is 0 Å². The molecule has 0 saturated heterocycles. The number of fused-ring (bicyclic) bond motifs is 1. The molecule has 1 aromatic rings. The van der Waals surface area contributed by atoms with E-state index in [-0.39, 0.29) is 36.0 Å². The molecule has 0 amide bonds. The summed E-state index contributed by atoms with van der Waals surface area (Å²) in [7, 11) is 0. The molecule has 0 aromatic heterocycles. The van der Waals surface area contributed by atoms with Gasteiger partial charge in [-0.2, -0.15) is 0 Å². The van der Waals surface area contributed by atoms with Crippen LogP contribution < -0.4 is 5.73 Å². The molecule has 1 aliphatic rings. The molecule has 0 radical (unpaired) electrons. The van der Waals surface area contributed by atoms with E-state index in [9.17, 15) is 14.7 Å². The predicted octanol–water partition coefficient (Wildman–Crippen LogP) is 3.12. The number of nitrogen functional groups attached to an aromatic ring is 1. The Morgan fingerprint density at radius 3 is 2.00 bits per heavy atom. The van der Waals surface area contributed by atoms with Crippen LogP contribution in [0.4, 0.5) is 5.69 Å². The molecule has 4 nitrogen and oxygen atoms in total. The second-order valence-corrected chi connectivity index (χ2v) is 5.77. The molecule has 0 fully saturated rings. The molecule has 0 spiro atoms. The molecule has 0 heterocycles. The van der Waals surface area contributed by atoms with Crippen molar-refractivity contribution in [2.24, 2.45) is 0 Å². The van der Waals surface area contributed by atoms with Gasteiger partial charge in [-0.25, -0.2) is 0 Å². The number of allylic oxidation sites excluding steroid dienone is 2. The summed E-state index contributed by atoms with van der Waals surface area (Å²) in [4.78, 5) is 23.9. The van der Waals surface area contributed by atoms with Gasteiger partial charge in [0.2, 0.25) is 11.6 Å². The van der Waals surface area contributed by atoms with Crippen LogP contribution in [0.25, 0.3) is 0 Å². The zero-order valence-corrected chi connectivity index (χ0v) is 12.8. The van der Waals surface area contributed by atoms with Crippen molar-refractivity contribution in [3.05, 3.63) is 30.6 Å². The van der Waals surface area contributed by atoms with Gasteiger partial charge in [0.25, 0.3) is 0 Å². The quantitative estimate of drug-likeness (QED) is 0.494. The Bertz CT molecular complexity index is 607. The summed E-state index contributed by atoms with van der Waals surface area (Å²) >= 11 is 9.10. The first-order valence-corrected chi connectivity index (χ1v) is 6.69. The van der Waals surface area contributed by atoms with Gasteiger partial charge in [0.05, 0.1) is 24.6 Å². The number of phenols is 1. The molecule has 7 heteroatoms. The normalized spacial score (nSPS) is 15.2. The lowest BCUT2D eigenvalue weighted by molar-refractivity contribution is 0.0987. The Morgan fingerprint density at radius 2 is 1.47 bits per heavy atom. The van der Waals surface area contributed by atoms with Crippen LogP contribution in [-0.4, -0.2) is 16.7 Å². The minimum absolute atomic E-state index is 0.0192. The monoisotopic (exact) mass is 423 g/mol. The van der Waals surface area contributed by atoms with Crippen molar-refractivity contribution < 1.29 is 14.7 Å². The number of Topliss-reactive ketones (excluding diaryl/α,β-unsaturated/α-hetero) is 2. The number of anilines is 1. The van der Waals surface area contributed by atoms with Crippen LogP contribution in [0.3, 0.4) is 0 Å². The summed E-state index contributed by atoms with van der Waals surface area (Å²) in [6.45, 7) is 0. The Morgan fingerprint density at radius 1 is 1.00 bits per heavy atom. The van der Waals surface area contributed by atoms with Crippen molar-refractivity contribution in [2.45, 2.75) is 0 Å². The van der Waals surface area contributed by atoms with Crippen molar-refractivity contribution in [3.8, 4) is 5.75 Å². The molecule has 0 bridgehead atoms. The third kappa shape index (κ3) is 1.76. The maximum Gasteiger partial charge on any atom is 0.205 e. The van der Waals surface area contributed by atoms with Crippen LogP contribution in [0.15, 0.2) is 19.5 Å². The van der Waals surface area contributed by atoms with Crippen molar-refractivity contribution >= 4 is 65.0 Å². The first kappa shape index (κ1) is 12.8. The topological polar surface area (TPSA) is 80.4 Å². The van der Waals surface area contributed by atoms with E-state index in [1.54, 1.807) is 0 Å². The largest absolute Gasteiger partial charge is 0.506 e. The Labute approximate surface area is 121 Å². The first-order valence-electron chi connectivity index (χ1n) is 4.31. The van der Waals surface area contributed by atoms with E-state index in [4.69, 9.17) is 5.73 Å². The highest BCUT2D eigenvalue weighted by atomic mass is 79.9. The van der Waals surface area contributed by atoms with E-state index in [1.165, 1.54) is 6.07 Å². The number of halogens is 3. The van der Waals surface area contributed by atoms with E-state index in [0.717, 1.165) is 0 Å². The lowest BCUT2D eigenvalue weighted by Crippen LogP contribution is -2.19. The van der Waals surface area contributed by atoms with Crippen molar-refractivity contribution in [1.29, 1.82) is 0 Å². The second kappa shape index (κ2) is 4.22. The van der Waals surface area contributed by atoms with Crippen LogP contribution in [0.5, 0.6) is 5.75 Å². The SMILES string of the molecule is Nc1cc(Br)c(O)c2c1C(=O)C(Br)=C(Br)C2=O. The fraction of sp³-hybridized carbons (Fsp3) is 0. The van der Waals surface area contributed by atoms with Gasteiger partial charge >= 0.3 is 0 Å². The van der Waals surface area contributed by atoms with E-state index >= 15 is 0 Å². The van der Waals surface area contributed by atoms with Gasteiger partial charge in [-0.05, 0) is 53.9 Å². The number of hydrogen-bond donors (Lipinski definition) is 2. The highest BCUT2D eigenvalue weighted by Crippen LogP contribution is 2.42. The average molecular weight is 426 g/mol. The van der Waals surface area contributed by atoms with Crippen molar-refractivity contribution in [3.63, 3.8) is 0 Å². The smallest absolute Gasteiger partial charge is 0.205 e. The van der Waals surface area contributed by atoms with E-state index in [0.29, 0.717) is 0 Å². The molecule has 88 valence electrons. The third-order valence-electron chi connectivity index (χ3n) is 2.33. The molecule has 17 heavy (non-hydrogen) atoms. The number of aromatic hydroxyl groups is 1. The number of hydrogen-bond acceptors (Lipinski definition) is 4. The lowest BCUT2D eigenvalue weighted by Gasteiger charge is -2.18. The molecule has 0 aliphatic heterocycles. The first-order chi connectivity index (χ1) is 7.86. The highest BCUT2D eigenvalue weighted by molar-refractivity contribution is 9.14. The zero-order valence-electron chi connectivity index (χ0n) is 8.05. The maximum atomic E-state index is 12.0. The molecule has 0 unspecified atom stereocenters. The van der Waals surface area contributed by atoms with Gasteiger partial charge in [0.1, 0.15) is 5.75 Å². The minimum Gasteiger partial charge on any atom is -0.506 e. The van der Waals surface area contributed by atoms with E-state index < -0.39 is 11.6 Å². The number of carbonyl (C=O) groups is 2. The molecule has 1 aliphatic carbocycles. The van der Waals surface area contributed by atoms with E-state index in [1.807, 2.05) is 0 Å². The van der Waals surface area contributed by atoms with Crippen LogP contribution in [0.2, 0.25) is 0 Å². The Kier molecular flexibility index (Phi) is 3.17. The Balaban J connectivity index is 2.90. The number of rotatable bonds is 0. The summed E-state index contributed by atoms with van der Waals surface area (Å²) in [5.74, 6) is -1.21. The third-order valence-corrected chi connectivity index (χ3v) is 4.98. The fourth-order valence-electron chi connectivity index (χ4n) is 1.54. The van der Waals surface area contributed by atoms with Crippen LogP contribution in [0.1, 0.15) is 20.7 Å². The number of carbonyl (C=O) groups excluding carboxylic acids is 2. The summed E-state index contributed by atoms with van der Waals surface area (Å²) in [6.07, 6.45) is 0. The molecule has 1 aromatic carbocycles. The average Bonchev–Trinajstić information content (AvgIpc) is 2.28. The molecular formula is C10H4Br3NO3. The number of ketones is 2. The van der Waals surface area contributed by atoms with Gasteiger partial charge in [-0.15, -0.1) is 0 Å². The summed E-state index contributed by atoms with van der Waals surface area (Å²) in [5.41, 5.74) is 5.77. The Hall–Kier alpha value is -0.660. The highest BCUT2D eigenvalue weighted by Gasteiger charge is 2.34. The molecule has 0 saturated carbocycles. The molecule has 0 atom stereocenters. The molecule has 3 N–H and O–H groups in total. The minimum atomic E-state index is -0.489. The van der Waals surface area contributed by atoms with E-state index in [2.05, 4.69) is 47.8 Å². The molecule has 2 rings (SSSR count). The van der Waals surface area contributed by atoms with Gasteiger partial charge < -0.3 is 10.8 Å². The zero-order chi connectivity index (χ0) is 12.9. The number of nitrogens with two attached hydrogens (primary N) is 1. The van der Waals surface area contributed by atoms with Crippen LogP contribution in [-0.2, 0) is 0 Å². The maximum absolute atomic E-state index is 12.0.